The highest BCUT2D eigenvalue weighted by Gasteiger charge is 2.17. The lowest BCUT2D eigenvalue weighted by Gasteiger charge is -2.15. The predicted octanol–water partition coefficient (Wildman–Crippen LogP) is 2.32. The molecule has 0 heterocycles. The summed E-state index contributed by atoms with van der Waals surface area (Å²) in [7, 11) is 0. The number of aryl methyl sites for hydroxylation is 1. The summed E-state index contributed by atoms with van der Waals surface area (Å²) in [5, 5.41) is 2.73. The normalized spacial score (nSPS) is 11.5. The second-order valence-electron chi connectivity index (χ2n) is 5.17. The number of benzene rings is 1. The van der Waals surface area contributed by atoms with Crippen molar-refractivity contribution < 1.29 is 14.3 Å². The van der Waals surface area contributed by atoms with E-state index in [1.54, 1.807) is 39.0 Å². The molecule has 1 atom stereocenters. The maximum atomic E-state index is 12.0. The molecule has 118 valence electrons. The Morgan fingerprint density at radius 2 is 1.90 bits per heavy atom. The first-order chi connectivity index (χ1) is 9.31. The van der Waals surface area contributed by atoms with Crippen molar-refractivity contribution >= 4 is 30.0 Å². The zero-order chi connectivity index (χ0) is 15.3. The minimum Gasteiger partial charge on any atom is -0.463 e. The van der Waals surface area contributed by atoms with Gasteiger partial charge in [0, 0.05) is 17.8 Å². The zero-order valence-corrected chi connectivity index (χ0v) is 13.6. The van der Waals surface area contributed by atoms with E-state index in [4.69, 9.17) is 10.5 Å². The molecule has 1 aromatic carbocycles. The van der Waals surface area contributed by atoms with Gasteiger partial charge in [-0.25, -0.2) is 0 Å². The lowest BCUT2D eigenvalue weighted by molar-refractivity contribution is -0.151. The molecule has 0 aliphatic heterocycles. The van der Waals surface area contributed by atoms with Crippen LogP contribution in [0.1, 0.15) is 36.7 Å². The fourth-order valence-electron chi connectivity index (χ4n) is 1.66. The van der Waals surface area contributed by atoms with Gasteiger partial charge in [-0.05, 0) is 38.5 Å². The summed E-state index contributed by atoms with van der Waals surface area (Å²) in [4.78, 5) is 23.7. The van der Waals surface area contributed by atoms with Crippen LogP contribution in [0.5, 0.6) is 0 Å². The molecule has 0 saturated heterocycles. The van der Waals surface area contributed by atoms with Gasteiger partial charge in [0.05, 0.1) is 12.0 Å². The second kappa shape index (κ2) is 8.52. The van der Waals surface area contributed by atoms with Crippen molar-refractivity contribution in [3.8, 4) is 0 Å². The van der Waals surface area contributed by atoms with Crippen molar-refractivity contribution in [1.29, 1.82) is 0 Å². The highest BCUT2D eigenvalue weighted by molar-refractivity contribution is 5.96. The highest BCUT2D eigenvalue weighted by Crippen LogP contribution is 2.12. The van der Waals surface area contributed by atoms with Gasteiger partial charge in [0.1, 0.15) is 0 Å². The standard InChI is InChI=1S/C15H22N2O3.ClH/c1-9(2)20-15(19)11(4)8-17-14(18)13-7-12(16)6-5-10(13)3;/h5-7,9,11H,8,16H2,1-4H3,(H,17,18);1H. The molecule has 21 heavy (non-hydrogen) atoms. The van der Waals surface area contributed by atoms with E-state index in [2.05, 4.69) is 5.32 Å². The number of hydrogen-bond acceptors (Lipinski definition) is 4. The van der Waals surface area contributed by atoms with Crippen LogP contribution in [-0.4, -0.2) is 24.5 Å². The first kappa shape index (κ1) is 19.2. The molecule has 0 bridgehead atoms. The third-order valence-electron chi connectivity index (χ3n) is 2.83. The molecular formula is C15H23ClN2O3. The van der Waals surface area contributed by atoms with Crippen LogP contribution < -0.4 is 11.1 Å². The fraction of sp³-hybridized carbons (Fsp3) is 0.467. The molecule has 0 radical (unpaired) electrons. The van der Waals surface area contributed by atoms with E-state index in [1.807, 2.05) is 6.92 Å². The first-order valence-corrected chi connectivity index (χ1v) is 6.66. The summed E-state index contributed by atoms with van der Waals surface area (Å²) >= 11 is 0. The monoisotopic (exact) mass is 314 g/mol. The van der Waals surface area contributed by atoms with Crippen LogP contribution in [0.3, 0.4) is 0 Å². The van der Waals surface area contributed by atoms with Gasteiger partial charge in [0.25, 0.3) is 5.91 Å². The van der Waals surface area contributed by atoms with Gasteiger partial charge in [-0.3, -0.25) is 9.59 Å². The number of carbonyl (C=O) groups is 2. The Morgan fingerprint density at radius 3 is 2.48 bits per heavy atom. The molecule has 1 rings (SSSR count). The number of nitrogens with one attached hydrogen (secondary N) is 1. The SMILES string of the molecule is Cc1ccc(N)cc1C(=O)NCC(C)C(=O)OC(C)C.Cl. The second-order valence-corrected chi connectivity index (χ2v) is 5.17. The van der Waals surface area contributed by atoms with Gasteiger partial charge in [0.15, 0.2) is 0 Å². The summed E-state index contributed by atoms with van der Waals surface area (Å²) in [6, 6.07) is 5.16. The average Bonchev–Trinajstić information content (AvgIpc) is 2.37. The lowest BCUT2D eigenvalue weighted by atomic mass is 10.1. The Morgan fingerprint density at radius 1 is 1.29 bits per heavy atom. The van der Waals surface area contributed by atoms with Crippen molar-refractivity contribution in [3.05, 3.63) is 29.3 Å². The van der Waals surface area contributed by atoms with Crippen molar-refractivity contribution in [2.45, 2.75) is 33.8 Å². The van der Waals surface area contributed by atoms with Gasteiger partial charge in [-0.15, -0.1) is 12.4 Å². The number of halogens is 1. The molecule has 6 heteroatoms. The van der Waals surface area contributed by atoms with Gasteiger partial charge in [0.2, 0.25) is 0 Å². The van der Waals surface area contributed by atoms with Gasteiger partial charge in [-0.2, -0.15) is 0 Å². The fourth-order valence-corrected chi connectivity index (χ4v) is 1.66. The van der Waals surface area contributed by atoms with Crippen molar-refractivity contribution in [1.82, 2.24) is 5.32 Å². The van der Waals surface area contributed by atoms with E-state index in [0.717, 1.165) is 5.56 Å². The Hall–Kier alpha value is -1.75. The van der Waals surface area contributed by atoms with E-state index in [0.29, 0.717) is 11.3 Å². The number of anilines is 1. The summed E-state index contributed by atoms with van der Waals surface area (Å²) in [5.41, 5.74) is 7.57. The Balaban J connectivity index is 0.00000400. The number of nitrogen functional groups attached to an aromatic ring is 1. The number of amides is 1. The molecule has 0 aliphatic carbocycles. The van der Waals surface area contributed by atoms with E-state index < -0.39 is 0 Å². The number of ether oxygens (including phenoxy) is 1. The van der Waals surface area contributed by atoms with Crippen LogP contribution in [0.15, 0.2) is 18.2 Å². The molecule has 1 amide bonds. The third-order valence-corrected chi connectivity index (χ3v) is 2.83. The van der Waals surface area contributed by atoms with E-state index >= 15 is 0 Å². The minimum absolute atomic E-state index is 0. The molecule has 1 aromatic rings. The van der Waals surface area contributed by atoms with Crippen LogP contribution in [0.2, 0.25) is 0 Å². The smallest absolute Gasteiger partial charge is 0.310 e. The molecular weight excluding hydrogens is 292 g/mol. The highest BCUT2D eigenvalue weighted by atomic mass is 35.5. The van der Waals surface area contributed by atoms with Gasteiger partial charge >= 0.3 is 5.97 Å². The third kappa shape index (κ3) is 6.04. The number of carbonyl (C=O) groups excluding carboxylic acids is 2. The minimum atomic E-state index is -0.386. The van der Waals surface area contributed by atoms with Gasteiger partial charge in [-0.1, -0.05) is 13.0 Å². The molecule has 5 nitrogen and oxygen atoms in total. The maximum Gasteiger partial charge on any atom is 0.310 e. The van der Waals surface area contributed by atoms with Crippen LogP contribution in [0.25, 0.3) is 0 Å². The van der Waals surface area contributed by atoms with E-state index in [-0.39, 0.29) is 42.9 Å². The molecule has 1 unspecified atom stereocenters. The molecule has 0 saturated carbocycles. The average molecular weight is 315 g/mol. The quantitative estimate of drug-likeness (QED) is 0.645. The Bertz CT molecular complexity index is 504. The molecule has 3 N–H and O–H groups in total. The molecule has 0 spiro atoms. The predicted molar refractivity (Wildman–Crippen MR) is 85.6 cm³/mol. The largest absolute Gasteiger partial charge is 0.463 e. The van der Waals surface area contributed by atoms with Crippen molar-refractivity contribution in [2.24, 2.45) is 5.92 Å². The van der Waals surface area contributed by atoms with Gasteiger partial charge < -0.3 is 15.8 Å². The van der Waals surface area contributed by atoms with Crippen LogP contribution >= 0.6 is 12.4 Å². The Kier molecular flexibility index (Phi) is 7.81. The first-order valence-electron chi connectivity index (χ1n) is 6.66. The van der Waals surface area contributed by atoms with Crippen LogP contribution in [0, 0.1) is 12.8 Å². The molecule has 0 aromatic heterocycles. The molecule has 0 aliphatic rings. The molecule has 0 fully saturated rings. The van der Waals surface area contributed by atoms with Crippen molar-refractivity contribution in [2.75, 3.05) is 12.3 Å². The maximum absolute atomic E-state index is 12.0. The summed E-state index contributed by atoms with van der Waals surface area (Å²) in [5.74, 6) is -0.939. The van der Waals surface area contributed by atoms with E-state index in [9.17, 15) is 9.59 Å². The summed E-state index contributed by atoms with van der Waals surface area (Å²) < 4.78 is 5.08. The number of nitrogens with two attached hydrogens (primary N) is 1. The van der Waals surface area contributed by atoms with E-state index in [1.165, 1.54) is 0 Å². The van der Waals surface area contributed by atoms with Crippen molar-refractivity contribution in [3.63, 3.8) is 0 Å². The topological polar surface area (TPSA) is 81.4 Å². The number of esters is 1. The lowest BCUT2D eigenvalue weighted by Crippen LogP contribution is -2.33. The zero-order valence-electron chi connectivity index (χ0n) is 12.8. The van der Waals surface area contributed by atoms with Crippen LogP contribution in [-0.2, 0) is 9.53 Å². The summed E-state index contributed by atoms with van der Waals surface area (Å²) in [6.07, 6.45) is -0.156. The summed E-state index contributed by atoms with van der Waals surface area (Å²) in [6.45, 7) is 7.37. The van der Waals surface area contributed by atoms with Crippen LogP contribution in [0.4, 0.5) is 5.69 Å². The Labute approximate surface area is 131 Å². The number of hydrogen-bond donors (Lipinski definition) is 2. The number of rotatable bonds is 5.